The summed E-state index contributed by atoms with van der Waals surface area (Å²) < 4.78 is 0. The molecular formula is C17H32N2. The van der Waals surface area contributed by atoms with Gasteiger partial charge in [0.2, 0.25) is 0 Å². The van der Waals surface area contributed by atoms with Crippen molar-refractivity contribution in [3.63, 3.8) is 0 Å². The first-order valence-electron chi connectivity index (χ1n) is 8.86. The Balaban J connectivity index is 1.67. The second-order valence-corrected chi connectivity index (χ2v) is 7.05. The quantitative estimate of drug-likeness (QED) is 0.840. The van der Waals surface area contributed by atoms with E-state index < -0.39 is 0 Å². The smallest absolute Gasteiger partial charge is 0.0128 e. The predicted octanol–water partition coefficient (Wildman–Crippen LogP) is 3.42. The molecule has 2 aliphatic heterocycles. The third-order valence-electron chi connectivity index (χ3n) is 6.09. The molecule has 2 heteroatoms. The molecule has 3 aliphatic rings. The number of likely N-dealkylation sites (tertiary alicyclic amines) is 1. The molecular weight excluding hydrogens is 232 g/mol. The van der Waals surface area contributed by atoms with Crippen molar-refractivity contribution in [2.45, 2.75) is 76.8 Å². The van der Waals surface area contributed by atoms with Crippen LogP contribution in [0.1, 0.15) is 64.7 Å². The van der Waals surface area contributed by atoms with E-state index in [1.807, 2.05) is 0 Å². The second-order valence-electron chi connectivity index (χ2n) is 7.05. The summed E-state index contributed by atoms with van der Waals surface area (Å²) in [4.78, 5) is 2.98. The standard InChI is InChI=1S/C17H32N2/c1-2-14-6-3-4-7-16(14)19-13-5-8-17(19)15-9-11-18-12-10-15/h14-18H,2-13H2,1H3. The monoisotopic (exact) mass is 264 g/mol. The molecule has 0 aromatic heterocycles. The summed E-state index contributed by atoms with van der Waals surface area (Å²) in [6.45, 7) is 6.34. The maximum absolute atomic E-state index is 3.53. The molecule has 1 saturated carbocycles. The van der Waals surface area contributed by atoms with Gasteiger partial charge in [0.25, 0.3) is 0 Å². The highest BCUT2D eigenvalue weighted by Crippen LogP contribution is 2.38. The maximum atomic E-state index is 3.53. The fraction of sp³-hybridized carbons (Fsp3) is 1.00. The van der Waals surface area contributed by atoms with Gasteiger partial charge in [-0.05, 0) is 70.0 Å². The Morgan fingerprint density at radius 2 is 1.63 bits per heavy atom. The Hall–Kier alpha value is -0.0800. The van der Waals surface area contributed by atoms with Gasteiger partial charge in [0, 0.05) is 12.1 Å². The van der Waals surface area contributed by atoms with Gasteiger partial charge >= 0.3 is 0 Å². The van der Waals surface area contributed by atoms with Crippen LogP contribution >= 0.6 is 0 Å². The summed E-state index contributed by atoms with van der Waals surface area (Å²) in [5.41, 5.74) is 0. The van der Waals surface area contributed by atoms with Crippen molar-refractivity contribution in [2.75, 3.05) is 19.6 Å². The van der Waals surface area contributed by atoms with Crippen LogP contribution in [0.25, 0.3) is 0 Å². The normalized spacial score (nSPS) is 38.7. The van der Waals surface area contributed by atoms with E-state index in [2.05, 4.69) is 17.1 Å². The van der Waals surface area contributed by atoms with E-state index in [0.717, 1.165) is 23.9 Å². The van der Waals surface area contributed by atoms with Crippen molar-refractivity contribution in [1.29, 1.82) is 0 Å². The average molecular weight is 264 g/mol. The lowest BCUT2D eigenvalue weighted by atomic mass is 9.80. The van der Waals surface area contributed by atoms with Gasteiger partial charge in [-0.25, -0.2) is 0 Å². The minimum absolute atomic E-state index is 0.930. The molecule has 1 aliphatic carbocycles. The van der Waals surface area contributed by atoms with Crippen LogP contribution in [0.3, 0.4) is 0 Å². The van der Waals surface area contributed by atoms with Crippen molar-refractivity contribution >= 4 is 0 Å². The molecule has 19 heavy (non-hydrogen) atoms. The predicted molar refractivity (Wildman–Crippen MR) is 81.4 cm³/mol. The van der Waals surface area contributed by atoms with Gasteiger partial charge in [-0.15, -0.1) is 0 Å². The fourth-order valence-corrected chi connectivity index (χ4v) is 5.06. The molecule has 0 amide bonds. The zero-order valence-corrected chi connectivity index (χ0v) is 12.7. The number of nitrogens with zero attached hydrogens (tertiary/aromatic N) is 1. The Bertz CT molecular complexity index is 272. The zero-order chi connectivity index (χ0) is 13.1. The van der Waals surface area contributed by atoms with Crippen LogP contribution in [0.2, 0.25) is 0 Å². The molecule has 0 spiro atoms. The Morgan fingerprint density at radius 3 is 2.42 bits per heavy atom. The molecule has 1 N–H and O–H groups in total. The number of hydrogen-bond donors (Lipinski definition) is 1. The first-order chi connectivity index (χ1) is 9.40. The first-order valence-corrected chi connectivity index (χ1v) is 8.86. The lowest BCUT2D eigenvalue weighted by molar-refractivity contribution is 0.0572. The molecule has 2 nitrogen and oxygen atoms in total. The third-order valence-corrected chi connectivity index (χ3v) is 6.09. The summed E-state index contributed by atoms with van der Waals surface area (Å²) in [5, 5.41) is 3.53. The summed E-state index contributed by atoms with van der Waals surface area (Å²) in [6, 6.07) is 1.86. The average Bonchev–Trinajstić information content (AvgIpc) is 2.97. The largest absolute Gasteiger partial charge is 0.317 e. The highest BCUT2D eigenvalue weighted by molar-refractivity contribution is 4.93. The minimum Gasteiger partial charge on any atom is -0.317 e. The van der Waals surface area contributed by atoms with Gasteiger partial charge in [-0.2, -0.15) is 0 Å². The minimum atomic E-state index is 0.930. The van der Waals surface area contributed by atoms with E-state index in [1.54, 1.807) is 0 Å². The van der Waals surface area contributed by atoms with Crippen LogP contribution in [0.5, 0.6) is 0 Å². The van der Waals surface area contributed by atoms with Crippen LogP contribution in [0, 0.1) is 11.8 Å². The topological polar surface area (TPSA) is 15.3 Å². The number of nitrogens with one attached hydrogen (secondary N) is 1. The van der Waals surface area contributed by atoms with Crippen molar-refractivity contribution in [3.8, 4) is 0 Å². The molecule has 0 aromatic carbocycles. The Kier molecular flexibility index (Phi) is 4.81. The van der Waals surface area contributed by atoms with E-state index >= 15 is 0 Å². The molecule has 0 aromatic rings. The molecule has 2 heterocycles. The van der Waals surface area contributed by atoms with Gasteiger partial charge in [-0.1, -0.05) is 26.2 Å². The van der Waals surface area contributed by atoms with E-state index in [-0.39, 0.29) is 0 Å². The van der Waals surface area contributed by atoms with E-state index in [4.69, 9.17) is 0 Å². The lowest BCUT2D eigenvalue weighted by Gasteiger charge is -2.44. The van der Waals surface area contributed by atoms with Crippen LogP contribution in [0.4, 0.5) is 0 Å². The SMILES string of the molecule is CCC1CCCCC1N1CCCC1C1CCNCC1. The first kappa shape index (κ1) is 13.9. The van der Waals surface area contributed by atoms with Gasteiger partial charge in [0.15, 0.2) is 0 Å². The van der Waals surface area contributed by atoms with Crippen LogP contribution in [-0.4, -0.2) is 36.6 Å². The summed E-state index contributed by atoms with van der Waals surface area (Å²) in [6.07, 6.45) is 13.1. The lowest BCUT2D eigenvalue weighted by Crippen LogP contribution is -2.49. The molecule has 0 bridgehead atoms. The van der Waals surface area contributed by atoms with Crippen molar-refractivity contribution in [2.24, 2.45) is 11.8 Å². The van der Waals surface area contributed by atoms with Crippen molar-refractivity contribution < 1.29 is 0 Å². The molecule has 110 valence electrons. The van der Waals surface area contributed by atoms with E-state index in [9.17, 15) is 0 Å². The van der Waals surface area contributed by atoms with E-state index in [1.165, 1.54) is 77.4 Å². The summed E-state index contributed by atoms with van der Waals surface area (Å²) in [7, 11) is 0. The fourth-order valence-electron chi connectivity index (χ4n) is 5.06. The third kappa shape index (κ3) is 3.00. The van der Waals surface area contributed by atoms with Crippen LogP contribution in [-0.2, 0) is 0 Å². The molecule has 2 saturated heterocycles. The molecule has 3 unspecified atom stereocenters. The zero-order valence-electron chi connectivity index (χ0n) is 12.7. The molecule has 0 radical (unpaired) electrons. The number of rotatable bonds is 3. The highest BCUT2D eigenvalue weighted by atomic mass is 15.2. The maximum Gasteiger partial charge on any atom is 0.0128 e. The summed E-state index contributed by atoms with van der Waals surface area (Å²) >= 11 is 0. The van der Waals surface area contributed by atoms with Gasteiger partial charge in [-0.3, -0.25) is 4.90 Å². The van der Waals surface area contributed by atoms with E-state index in [0.29, 0.717) is 0 Å². The second kappa shape index (κ2) is 6.58. The molecule has 3 atom stereocenters. The molecule has 3 fully saturated rings. The Labute approximate surface area is 119 Å². The number of piperidine rings is 1. The van der Waals surface area contributed by atoms with Crippen molar-refractivity contribution in [1.82, 2.24) is 10.2 Å². The van der Waals surface area contributed by atoms with Crippen molar-refractivity contribution in [3.05, 3.63) is 0 Å². The van der Waals surface area contributed by atoms with Crippen LogP contribution < -0.4 is 5.32 Å². The summed E-state index contributed by atoms with van der Waals surface area (Å²) in [5.74, 6) is 1.99. The van der Waals surface area contributed by atoms with Gasteiger partial charge in [0.1, 0.15) is 0 Å². The number of hydrogen-bond acceptors (Lipinski definition) is 2. The van der Waals surface area contributed by atoms with Crippen LogP contribution in [0.15, 0.2) is 0 Å². The Morgan fingerprint density at radius 1 is 0.895 bits per heavy atom. The van der Waals surface area contributed by atoms with Gasteiger partial charge < -0.3 is 5.32 Å². The molecule has 3 rings (SSSR count). The highest BCUT2D eigenvalue weighted by Gasteiger charge is 2.39. The van der Waals surface area contributed by atoms with Gasteiger partial charge in [0.05, 0.1) is 0 Å².